The van der Waals surface area contributed by atoms with E-state index in [4.69, 9.17) is 16.9 Å². The van der Waals surface area contributed by atoms with Crippen molar-refractivity contribution in [2.24, 2.45) is 0 Å². The predicted octanol–water partition coefficient (Wildman–Crippen LogP) is 2.31. The molecule has 17 heavy (non-hydrogen) atoms. The topological polar surface area (TPSA) is 84.8 Å². The van der Waals surface area contributed by atoms with Crippen molar-refractivity contribution in [3.05, 3.63) is 51.3 Å². The molecule has 0 fully saturated rings. The van der Waals surface area contributed by atoms with E-state index >= 15 is 0 Å². The van der Waals surface area contributed by atoms with Gasteiger partial charge in [0.1, 0.15) is 18.5 Å². The number of benzene rings is 1. The quantitative estimate of drug-likeness (QED) is 0.603. The number of nitrogens with zero attached hydrogens (tertiary/aromatic N) is 4. The van der Waals surface area contributed by atoms with E-state index < -0.39 is 4.92 Å². The maximum atomic E-state index is 10.5. The number of aromatic nitrogens is 2. The highest BCUT2D eigenvalue weighted by atomic mass is 35.5. The highest BCUT2D eigenvalue weighted by molar-refractivity contribution is 6.32. The SMILES string of the molecule is N#Cc1c(Cl)cccc1-n1cc([N+](=O)[O-])cn1. The first-order chi connectivity index (χ1) is 8.13. The second-order valence-electron chi connectivity index (χ2n) is 3.15. The normalized spacial score (nSPS) is 9.88. The molecule has 7 heteroatoms. The number of hydrogen-bond donors (Lipinski definition) is 0. The third kappa shape index (κ3) is 1.96. The van der Waals surface area contributed by atoms with Crippen molar-refractivity contribution in [2.45, 2.75) is 0 Å². The molecule has 0 saturated heterocycles. The van der Waals surface area contributed by atoms with E-state index in [1.165, 1.54) is 10.9 Å². The lowest BCUT2D eigenvalue weighted by Gasteiger charge is -2.03. The fourth-order valence-corrected chi connectivity index (χ4v) is 1.57. The van der Waals surface area contributed by atoms with E-state index in [1.807, 2.05) is 6.07 Å². The molecule has 0 radical (unpaired) electrons. The summed E-state index contributed by atoms with van der Waals surface area (Å²) in [6, 6.07) is 6.77. The maximum Gasteiger partial charge on any atom is 0.307 e. The van der Waals surface area contributed by atoms with Crippen LogP contribution in [0.15, 0.2) is 30.6 Å². The van der Waals surface area contributed by atoms with Gasteiger partial charge >= 0.3 is 5.69 Å². The molecule has 0 atom stereocenters. The summed E-state index contributed by atoms with van der Waals surface area (Å²) < 4.78 is 1.25. The van der Waals surface area contributed by atoms with Crippen molar-refractivity contribution in [3.8, 4) is 11.8 Å². The molecule has 0 aliphatic carbocycles. The second-order valence-corrected chi connectivity index (χ2v) is 3.55. The monoisotopic (exact) mass is 248 g/mol. The maximum absolute atomic E-state index is 10.5. The van der Waals surface area contributed by atoms with E-state index in [0.717, 1.165) is 6.20 Å². The molecule has 6 nitrogen and oxygen atoms in total. The van der Waals surface area contributed by atoms with Crippen LogP contribution in [0.1, 0.15) is 5.56 Å². The van der Waals surface area contributed by atoms with Crippen molar-refractivity contribution in [2.75, 3.05) is 0 Å². The van der Waals surface area contributed by atoms with Gasteiger partial charge in [-0.1, -0.05) is 17.7 Å². The van der Waals surface area contributed by atoms with Gasteiger partial charge in [-0.15, -0.1) is 0 Å². The molecule has 0 bridgehead atoms. The van der Waals surface area contributed by atoms with Crippen LogP contribution in [0.2, 0.25) is 5.02 Å². The summed E-state index contributed by atoms with van der Waals surface area (Å²) >= 11 is 5.85. The van der Waals surface area contributed by atoms with Crippen molar-refractivity contribution in [3.63, 3.8) is 0 Å². The highest BCUT2D eigenvalue weighted by Gasteiger charge is 2.13. The highest BCUT2D eigenvalue weighted by Crippen LogP contribution is 2.23. The summed E-state index contributed by atoms with van der Waals surface area (Å²) in [6.45, 7) is 0. The molecular formula is C10H5ClN4O2. The summed E-state index contributed by atoms with van der Waals surface area (Å²) in [4.78, 5) is 9.97. The predicted molar refractivity (Wildman–Crippen MR) is 59.9 cm³/mol. The Balaban J connectivity index is 2.57. The Morgan fingerprint density at radius 1 is 1.53 bits per heavy atom. The third-order valence-corrected chi connectivity index (χ3v) is 2.44. The molecule has 2 aromatic rings. The molecule has 84 valence electrons. The van der Waals surface area contributed by atoms with Crippen LogP contribution in [-0.2, 0) is 0 Å². The molecule has 0 N–H and O–H groups in total. The zero-order valence-corrected chi connectivity index (χ0v) is 9.13. The number of nitro groups is 1. The van der Waals surface area contributed by atoms with Crippen LogP contribution in [-0.4, -0.2) is 14.7 Å². The number of halogens is 1. The first-order valence-corrected chi connectivity index (χ1v) is 4.89. The molecule has 0 saturated carbocycles. The van der Waals surface area contributed by atoms with Gasteiger partial charge in [0.25, 0.3) is 0 Å². The first-order valence-electron chi connectivity index (χ1n) is 4.51. The van der Waals surface area contributed by atoms with Gasteiger partial charge in [-0.3, -0.25) is 10.1 Å². The number of hydrogen-bond acceptors (Lipinski definition) is 4. The fraction of sp³-hybridized carbons (Fsp3) is 0. The minimum Gasteiger partial charge on any atom is -0.258 e. The van der Waals surface area contributed by atoms with Gasteiger partial charge in [-0.05, 0) is 12.1 Å². The van der Waals surface area contributed by atoms with E-state index in [0.29, 0.717) is 5.69 Å². The molecule has 0 spiro atoms. The summed E-state index contributed by atoms with van der Waals surface area (Å²) in [5.74, 6) is 0. The lowest BCUT2D eigenvalue weighted by molar-refractivity contribution is -0.384. The Labute approximate surface area is 101 Å². The molecule has 2 rings (SSSR count). The van der Waals surface area contributed by atoms with Crippen molar-refractivity contribution in [1.82, 2.24) is 9.78 Å². The van der Waals surface area contributed by atoms with Crippen LogP contribution in [0, 0.1) is 21.4 Å². The third-order valence-electron chi connectivity index (χ3n) is 2.13. The van der Waals surface area contributed by atoms with Gasteiger partial charge in [-0.2, -0.15) is 10.4 Å². The molecule has 1 aromatic heterocycles. The number of rotatable bonds is 2. The average molecular weight is 249 g/mol. The van der Waals surface area contributed by atoms with Crippen LogP contribution in [0.25, 0.3) is 5.69 Å². The van der Waals surface area contributed by atoms with Gasteiger partial charge in [0.2, 0.25) is 0 Å². The first kappa shape index (κ1) is 11.1. The van der Waals surface area contributed by atoms with Crippen molar-refractivity contribution in [1.29, 1.82) is 5.26 Å². The average Bonchev–Trinajstić information content (AvgIpc) is 2.77. The second kappa shape index (κ2) is 4.23. The summed E-state index contributed by atoms with van der Waals surface area (Å²) in [5.41, 5.74) is 0.495. The molecular weight excluding hydrogens is 244 g/mol. The lowest BCUT2D eigenvalue weighted by Crippen LogP contribution is -1.98. The Hall–Kier alpha value is -2.39. The van der Waals surface area contributed by atoms with Gasteiger partial charge in [0, 0.05) is 0 Å². The smallest absolute Gasteiger partial charge is 0.258 e. The van der Waals surface area contributed by atoms with Crippen LogP contribution in [0.4, 0.5) is 5.69 Å². The molecule has 0 aliphatic heterocycles. The Kier molecular flexibility index (Phi) is 2.77. The van der Waals surface area contributed by atoms with Gasteiger partial charge in [0.15, 0.2) is 0 Å². The van der Waals surface area contributed by atoms with Gasteiger partial charge in [0.05, 0.1) is 21.2 Å². The summed E-state index contributed by atoms with van der Waals surface area (Å²) in [5, 5.41) is 23.6. The van der Waals surface area contributed by atoms with Crippen LogP contribution in [0.3, 0.4) is 0 Å². The molecule has 1 heterocycles. The van der Waals surface area contributed by atoms with Crippen LogP contribution < -0.4 is 0 Å². The Morgan fingerprint density at radius 3 is 2.88 bits per heavy atom. The largest absolute Gasteiger partial charge is 0.307 e. The molecule has 1 aromatic carbocycles. The molecule has 0 unspecified atom stereocenters. The molecule has 0 amide bonds. The number of nitriles is 1. The van der Waals surface area contributed by atoms with E-state index in [9.17, 15) is 10.1 Å². The fourth-order valence-electron chi connectivity index (χ4n) is 1.35. The molecule has 0 aliphatic rings. The Bertz CT molecular complexity index is 629. The summed E-state index contributed by atoms with van der Waals surface area (Å²) in [6.07, 6.45) is 2.34. The minimum atomic E-state index is -0.555. The Morgan fingerprint density at radius 2 is 2.29 bits per heavy atom. The lowest BCUT2D eigenvalue weighted by atomic mass is 10.2. The zero-order valence-electron chi connectivity index (χ0n) is 8.37. The van der Waals surface area contributed by atoms with Crippen LogP contribution in [0.5, 0.6) is 0 Å². The van der Waals surface area contributed by atoms with Crippen LogP contribution >= 0.6 is 11.6 Å². The summed E-state index contributed by atoms with van der Waals surface area (Å²) in [7, 11) is 0. The van der Waals surface area contributed by atoms with E-state index in [2.05, 4.69) is 5.10 Å². The van der Waals surface area contributed by atoms with Crippen molar-refractivity contribution >= 4 is 17.3 Å². The van der Waals surface area contributed by atoms with E-state index in [1.54, 1.807) is 18.2 Å². The van der Waals surface area contributed by atoms with Gasteiger partial charge in [-0.25, -0.2) is 4.68 Å². The standard InChI is InChI=1S/C10H5ClN4O2/c11-9-2-1-3-10(8(9)4-12)14-6-7(5-13-14)15(16)17/h1-3,5-6H. The van der Waals surface area contributed by atoms with Crippen molar-refractivity contribution < 1.29 is 4.92 Å². The van der Waals surface area contributed by atoms with E-state index in [-0.39, 0.29) is 16.3 Å². The minimum absolute atomic E-state index is 0.145. The zero-order chi connectivity index (χ0) is 12.4. The van der Waals surface area contributed by atoms with Gasteiger partial charge < -0.3 is 0 Å².